The molecule has 0 radical (unpaired) electrons. The SMILES string of the molecule is COc1cc(Nc2nc3ccccc3nc2NS(=O)(=O)c2cccc(NC(=O)c3ccc(Cl)cc3Cl)c2)cc(OC)c1. The van der Waals surface area contributed by atoms with Crippen LogP contribution in [0.4, 0.5) is 23.0 Å². The van der Waals surface area contributed by atoms with E-state index < -0.39 is 15.9 Å². The summed E-state index contributed by atoms with van der Waals surface area (Å²) in [4.78, 5) is 21.8. The molecule has 0 unspecified atom stereocenters. The quantitative estimate of drug-likeness (QED) is 0.164. The lowest BCUT2D eigenvalue weighted by atomic mass is 10.2. The molecular weight excluding hydrogens is 601 g/mol. The molecule has 0 bridgehead atoms. The van der Waals surface area contributed by atoms with Gasteiger partial charge in [0.05, 0.1) is 40.7 Å². The summed E-state index contributed by atoms with van der Waals surface area (Å²) in [6, 6.07) is 22.4. The number of nitrogens with zero attached hydrogens (tertiary/aromatic N) is 2. The normalized spacial score (nSPS) is 11.1. The monoisotopic (exact) mass is 623 g/mol. The molecule has 1 aromatic heterocycles. The van der Waals surface area contributed by atoms with Gasteiger partial charge >= 0.3 is 0 Å². The molecule has 1 amide bonds. The fourth-order valence-corrected chi connectivity index (χ4v) is 5.52. The van der Waals surface area contributed by atoms with Gasteiger partial charge in [-0.1, -0.05) is 41.4 Å². The highest BCUT2D eigenvalue weighted by Gasteiger charge is 2.21. The van der Waals surface area contributed by atoms with Gasteiger partial charge in [-0.25, -0.2) is 18.4 Å². The lowest BCUT2D eigenvalue weighted by molar-refractivity contribution is 0.102. The van der Waals surface area contributed by atoms with Crippen molar-refractivity contribution in [3.05, 3.63) is 101 Å². The topological polar surface area (TPSA) is 132 Å². The predicted octanol–water partition coefficient (Wildman–Crippen LogP) is 6.75. The fraction of sp³-hybridized carbons (Fsp3) is 0.0690. The minimum Gasteiger partial charge on any atom is -0.497 e. The first-order valence-electron chi connectivity index (χ1n) is 12.3. The van der Waals surface area contributed by atoms with E-state index in [4.69, 9.17) is 32.7 Å². The minimum atomic E-state index is -4.20. The number of sulfonamides is 1. The number of para-hydroxylation sites is 2. The molecule has 0 aliphatic rings. The second kappa shape index (κ2) is 12.1. The number of hydrogen-bond acceptors (Lipinski definition) is 8. The Morgan fingerprint density at radius 2 is 1.43 bits per heavy atom. The van der Waals surface area contributed by atoms with Gasteiger partial charge in [-0.05, 0) is 48.5 Å². The number of aromatic nitrogens is 2. The van der Waals surface area contributed by atoms with E-state index in [-0.39, 0.29) is 32.8 Å². The van der Waals surface area contributed by atoms with E-state index in [9.17, 15) is 13.2 Å². The van der Waals surface area contributed by atoms with E-state index in [0.29, 0.717) is 33.2 Å². The molecule has 1 heterocycles. The van der Waals surface area contributed by atoms with Crippen LogP contribution in [0.3, 0.4) is 0 Å². The van der Waals surface area contributed by atoms with Gasteiger partial charge in [0.15, 0.2) is 11.6 Å². The van der Waals surface area contributed by atoms with Gasteiger partial charge < -0.3 is 20.1 Å². The zero-order valence-electron chi connectivity index (χ0n) is 22.2. The Hall–Kier alpha value is -4.58. The molecule has 3 N–H and O–H groups in total. The number of fused-ring (bicyclic) bond motifs is 1. The van der Waals surface area contributed by atoms with E-state index in [1.54, 1.807) is 48.5 Å². The molecule has 0 atom stereocenters. The standard InChI is InChI=1S/C29H23Cl2N5O5S/c1-40-20-13-19(14-21(16-20)41-2)32-27-28(35-26-9-4-3-8-25(26)34-27)36-42(38,39)22-7-5-6-18(15-22)33-29(37)23-11-10-17(30)12-24(23)31/h3-16H,1-2H3,(H,32,34)(H,33,37)(H,35,36). The molecule has 10 nitrogen and oxygen atoms in total. The molecule has 5 rings (SSSR count). The maximum atomic E-state index is 13.5. The lowest BCUT2D eigenvalue weighted by Gasteiger charge is -2.15. The maximum Gasteiger partial charge on any atom is 0.263 e. The van der Waals surface area contributed by atoms with Crippen LogP contribution in [0.15, 0.2) is 89.8 Å². The molecule has 0 aliphatic carbocycles. The van der Waals surface area contributed by atoms with Crippen molar-refractivity contribution in [2.75, 3.05) is 29.6 Å². The van der Waals surface area contributed by atoms with Gasteiger partial charge in [-0.3, -0.25) is 9.52 Å². The van der Waals surface area contributed by atoms with Gasteiger partial charge in [-0.15, -0.1) is 0 Å². The summed E-state index contributed by atoms with van der Waals surface area (Å²) in [6.07, 6.45) is 0. The van der Waals surface area contributed by atoms with E-state index in [0.717, 1.165) is 0 Å². The summed E-state index contributed by atoms with van der Waals surface area (Å²) in [5.41, 5.74) is 1.97. The Bertz CT molecular complexity index is 1900. The zero-order valence-corrected chi connectivity index (χ0v) is 24.5. The summed E-state index contributed by atoms with van der Waals surface area (Å²) < 4.78 is 40.3. The number of carbonyl (C=O) groups is 1. The third-order valence-electron chi connectivity index (χ3n) is 5.99. The number of hydrogen-bond donors (Lipinski definition) is 3. The molecule has 0 spiro atoms. The van der Waals surface area contributed by atoms with Gasteiger partial charge in [0, 0.05) is 34.6 Å². The number of amides is 1. The van der Waals surface area contributed by atoms with E-state index in [2.05, 4.69) is 25.3 Å². The summed E-state index contributed by atoms with van der Waals surface area (Å²) in [6.45, 7) is 0. The molecule has 214 valence electrons. The molecule has 0 saturated heterocycles. The van der Waals surface area contributed by atoms with Crippen molar-refractivity contribution in [3.63, 3.8) is 0 Å². The van der Waals surface area contributed by atoms with Gasteiger partial charge in [0.1, 0.15) is 11.5 Å². The molecule has 42 heavy (non-hydrogen) atoms. The third kappa shape index (κ3) is 6.49. The van der Waals surface area contributed by atoms with Crippen LogP contribution in [0.25, 0.3) is 11.0 Å². The second-order valence-electron chi connectivity index (χ2n) is 8.85. The van der Waals surface area contributed by atoms with Crippen LogP contribution in [-0.4, -0.2) is 38.5 Å². The molecule has 4 aromatic carbocycles. The Kier molecular flexibility index (Phi) is 8.34. The van der Waals surface area contributed by atoms with Crippen LogP contribution in [0, 0.1) is 0 Å². The summed E-state index contributed by atoms with van der Waals surface area (Å²) in [5, 5.41) is 6.32. The van der Waals surface area contributed by atoms with Crippen molar-refractivity contribution in [1.82, 2.24) is 9.97 Å². The highest BCUT2D eigenvalue weighted by atomic mass is 35.5. The van der Waals surface area contributed by atoms with Crippen LogP contribution in [0.2, 0.25) is 10.0 Å². The van der Waals surface area contributed by atoms with Crippen molar-refractivity contribution in [3.8, 4) is 11.5 Å². The number of rotatable bonds is 9. The van der Waals surface area contributed by atoms with E-state index in [1.165, 1.54) is 50.6 Å². The Balaban J connectivity index is 1.47. The van der Waals surface area contributed by atoms with Crippen LogP contribution >= 0.6 is 23.2 Å². The summed E-state index contributed by atoms with van der Waals surface area (Å²) >= 11 is 12.1. The van der Waals surface area contributed by atoms with E-state index in [1.807, 2.05) is 0 Å². The number of methoxy groups -OCH3 is 2. The average molecular weight is 625 g/mol. The molecule has 0 fully saturated rings. The second-order valence-corrected chi connectivity index (χ2v) is 11.4. The highest BCUT2D eigenvalue weighted by Crippen LogP contribution is 2.32. The third-order valence-corrected chi connectivity index (χ3v) is 7.88. The van der Waals surface area contributed by atoms with Crippen LogP contribution in [-0.2, 0) is 10.0 Å². The van der Waals surface area contributed by atoms with Crippen molar-refractivity contribution in [2.45, 2.75) is 4.90 Å². The highest BCUT2D eigenvalue weighted by molar-refractivity contribution is 7.92. The van der Waals surface area contributed by atoms with Crippen LogP contribution in [0.5, 0.6) is 11.5 Å². The molecule has 13 heteroatoms. The molecular formula is C29H23Cl2N5O5S. The number of nitrogens with one attached hydrogen (secondary N) is 3. The largest absolute Gasteiger partial charge is 0.497 e. The van der Waals surface area contributed by atoms with Crippen molar-refractivity contribution < 1.29 is 22.7 Å². The van der Waals surface area contributed by atoms with Crippen LogP contribution < -0.4 is 24.8 Å². The van der Waals surface area contributed by atoms with Crippen molar-refractivity contribution >= 4 is 73.2 Å². The molecule has 0 saturated carbocycles. The predicted molar refractivity (Wildman–Crippen MR) is 164 cm³/mol. The number of anilines is 4. The van der Waals surface area contributed by atoms with Gasteiger partial charge in [0.2, 0.25) is 0 Å². The first-order valence-corrected chi connectivity index (χ1v) is 14.6. The summed E-state index contributed by atoms with van der Waals surface area (Å²) in [7, 11) is -1.15. The zero-order chi connectivity index (χ0) is 29.9. The Morgan fingerprint density at radius 1 is 0.762 bits per heavy atom. The lowest BCUT2D eigenvalue weighted by Crippen LogP contribution is -2.17. The number of ether oxygens (including phenoxy) is 2. The van der Waals surface area contributed by atoms with Crippen molar-refractivity contribution in [1.29, 1.82) is 0 Å². The Labute approximate surface area is 251 Å². The van der Waals surface area contributed by atoms with Gasteiger partial charge in [0.25, 0.3) is 15.9 Å². The van der Waals surface area contributed by atoms with Crippen molar-refractivity contribution in [2.24, 2.45) is 0 Å². The fourth-order valence-electron chi connectivity index (χ4n) is 3.97. The van der Waals surface area contributed by atoms with Gasteiger partial charge in [-0.2, -0.15) is 0 Å². The first-order chi connectivity index (χ1) is 20.1. The van der Waals surface area contributed by atoms with Crippen LogP contribution in [0.1, 0.15) is 10.4 Å². The smallest absolute Gasteiger partial charge is 0.263 e. The Morgan fingerprint density at radius 3 is 2.07 bits per heavy atom. The number of carbonyl (C=O) groups excluding carboxylic acids is 1. The molecule has 5 aromatic rings. The number of benzene rings is 4. The summed E-state index contributed by atoms with van der Waals surface area (Å²) in [5.74, 6) is 0.616. The number of halogens is 2. The first kappa shape index (κ1) is 28.9. The average Bonchev–Trinajstić information content (AvgIpc) is 2.97. The van der Waals surface area contributed by atoms with E-state index >= 15 is 0 Å². The molecule has 0 aliphatic heterocycles. The maximum absolute atomic E-state index is 13.5. The minimum absolute atomic E-state index is 0.0436.